The zero-order valence-electron chi connectivity index (χ0n) is 10.9. The van der Waals surface area contributed by atoms with Crippen LogP contribution in [0.5, 0.6) is 0 Å². The van der Waals surface area contributed by atoms with Crippen molar-refractivity contribution in [3.8, 4) is 0 Å². The van der Waals surface area contributed by atoms with E-state index in [2.05, 4.69) is 24.1 Å². The molecule has 1 aromatic rings. The average Bonchev–Trinajstić information content (AvgIpc) is 2.34. The maximum Gasteiger partial charge on any atom is 0.107 e. The van der Waals surface area contributed by atoms with E-state index in [0.29, 0.717) is 10.0 Å². The molecular formula is C13H20ClN3S. The first-order chi connectivity index (χ1) is 8.60. The Balaban J connectivity index is 2.67. The summed E-state index contributed by atoms with van der Waals surface area (Å²) in [5, 5.41) is 3.93. The lowest BCUT2D eigenvalue weighted by atomic mass is 10.1. The zero-order chi connectivity index (χ0) is 13.5. The first-order valence-electron chi connectivity index (χ1n) is 6.14. The maximum absolute atomic E-state index is 6.10. The molecule has 0 atom stereocenters. The van der Waals surface area contributed by atoms with Crippen molar-refractivity contribution >= 4 is 34.5 Å². The van der Waals surface area contributed by atoms with Crippen LogP contribution >= 0.6 is 23.8 Å². The van der Waals surface area contributed by atoms with Gasteiger partial charge in [0.05, 0.1) is 10.6 Å². The number of rotatable bonds is 7. The van der Waals surface area contributed by atoms with E-state index < -0.39 is 0 Å². The van der Waals surface area contributed by atoms with E-state index in [-0.39, 0.29) is 0 Å². The Morgan fingerprint density at radius 3 is 2.61 bits per heavy atom. The molecule has 0 saturated heterocycles. The average molecular weight is 286 g/mol. The number of anilines is 1. The topological polar surface area (TPSA) is 41.3 Å². The molecule has 5 heteroatoms. The van der Waals surface area contributed by atoms with Crippen LogP contribution in [0.15, 0.2) is 18.2 Å². The number of hydrogen-bond donors (Lipinski definition) is 2. The Hall–Kier alpha value is -0.840. The highest BCUT2D eigenvalue weighted by Crippen LogP contribution is 2.23. The van der Waals surface area contributed by atoms with Gasteiger partial charge in [0.25, 0.3) is 0 Å². The van der Waals surface area contributed by atoms with Crippen molar-refractivity contribution in [1.82, 2.24) is 4.90 Å². The molecule has 1 rings (SSSR count). The van der Waals surface area contributed by atoms with Crippen molar-refractivity contribution in [2.24, 2.45) is 5.73 Å². The third kappa shape index (κ3) is 4.12. The third-order valence-electron chi connectivity index (χ3n) is 2.90. The van der Waals surface area contributed by atoms with Crippen LogP contribution in [0.4, 0.5) is 5.69 Å². The van der Waals surface area contributed by atoms with Crippen LogP contribution in [0.1, 0.15) is 19.4 Å². The van der Waals surface area contributed by atoms with Gasteiger partial charge in [0, 0.05) is 18.8 Å². The van der Waals surface area contributed by atoms with E-state index in [1.54, 1.807) is 6.07 Å². The molecule has 0 aromatic heterocycles. The van der Waals surface area contributed by atoms with Crippen molar-refractivity contribution in [3.63, 3.8) is 0 Å². The second kappa shape index (κ2) is 7.56. The lowest BCUT2D eigenvalue weighted by molar-refractivity contribution is 0.316. The quantitative estimate of drug-likeness (QED) is 0.756. The van der Waals surface area contributed by atoms with Crippen molar-refractivity contribution in [2.75, 3.05) is 31.5 Å². The number of nitrogens with two attached hydrogens (primary N) is 1. The molecular weight excluding hydrogens is 266 g/mol. The van der Waals surface area contributed by atoms with Gasteiger partial charge in [-0.15, -0.1) is 0 Å². The van der Waals surface area contributed by atoms with Crippen LogP contribution in [0, 0.1) is 0 Å². The molecule has 0 fully saturated rings. The second-order valence-electron chi connectivity index (χ2n) is 3.98. The molecule has 0 radical (unpaired) electrons. The van der Waals surface area contributed by atoms with E-state index in [9.17, 15) is 0 Å². The van der Waals surface area contributed by atoms with Gasteiger partial charge in [-0.1, -0.05) is 43.7 Å². The van der Waals surface area contributed by atoms with E-state index in [1.165, 1.54) is 0 Å². The van der Waals surface area contributed by atoms with Gasteiger partial charge in [-0.3, -0.25) is 0 Å². The van der Waals surface area contributed by atoms with Gasteiger partial charge in [-0.25, -0.2) is 0 Å². The van der Waals surface area contributed by atoms with Crippen LogP contribution in [0.3, 0.4) is 0 Å². The molecule has 0 unspecified atom stereocenters. The number of halogens is 1. The summed E-state index contributed by atoms with van der Waals surface area (Å²) in [6.45, 7) is 8.24. The molecule has 0 aliphatic heterocycles. The number of likely N-dealkylation sites (N-methyl/N-ethyl adjacent to an activating group) is 1. The van der Waals surface area contributed by atoms with Crippen LogP contribution in [0.2, 0.25) is 5.02 Å². The summed E-state index contributed by atoms with van der Waals surface area (Å²) in [4.78, 5) is 2.67. The van der Waals surface area contributed by atoms with E-state index >= 15 is 0 Å². The molecule has 0 aliphatic carbocycles. The number of thiocarbonyl (C=S) groups is 1. The minimum atomic E-state index is 0.325. The Morgan fingerprint density at radius 2 is 2.06 bits per heavy atom. The number of benzene rings is 1. The lowest BCUT2D eigenvalue weighted by Gasteiger charge is -2.19. The summed E-state index contributed by atoms with van der Waals surface area (Å²) in [6, 6.07) is 5.64. The van der Waals surface area contributed by atoms with Gasteiger partial charge in [0.15, 0.2) is 0 Å². The zero-order valence-corrected chi connectivity index (χ0v) is 12.4. The minimum Gasteiger partial charge on any atom is -0.389 e. The highest BCUT2D eigenvalue weighted by atomic mass is 35.5. The van der Waals surface area contributed by atoms with Gasteiger partial charge in [-0.05, 0) is 25.2 Å². The fraction of sp³-hybridized carbons (Fsp3) is 0.462. The van der Waals surface area contributed by atoms with Gasteiger partial charge < -0.3 is 16.0 Å². The number of nitrogens with one attached hydrogen (secondary N) is 1. The molecule has 100 valence electrons. The molecule has 0 amide bonds. The molecule has 18 heavy (non-hydrogen) atoms. The van der Waals surface area contributed by atoms with Crippen LogP contribution in [0.25, 0.3) is 0 Å². The second-order valence-corrected chi connectivity index (χ2v) is 4.83. The van der Waals surface area contributed by atoms with E-state index in [1.807, 2.05) is 12.1 Å². The summed E-state index contributed by atoms with van der Waals surface area (Å²) in [7, 11) is 0. The molecule has 1 aromatic carbocycles. The Bertz CT molecular complexity index is 405. The predicted molar refractivity (Wildman–Crippen MR) is 83.6 cm³/mol. The first-order valence-corrected chi connectivity index (χ1v) is 6.93. The van der Waals surface area contributed by atoms with Crippen molar-refractivity contribution in [2.45, 2.75) is 13.8 Å². The molecule has 0 spiro atoms. The summed E-state index contributed by atoms with van der Waals surface area (Å²) in [5.74, 6) is 0. The summed E-state index contributed by atoms with van der Waals surface area (Å²) in [6.07, 6.45) is 0. The number of nitrogens with zero attached hydrogens (tertiary/aromatic N) is 1. The first kappa shape index (κ1) is 15.2. The van der Waals surface area contributed by atoms with Crippen LogP contribution in [-0.2, 0) is 0 Å². The summed E-state index contributed by atoms with van der Waals surface area (Å²) >= 11 is 11.1. The lowest BCUT2D eigenvalue weighted by Crippen LogP contribution is -2.29. The Labute approximate surface area is 119 Å². The van der Waals surface area contributed by atoms with Gasteiger partial charge in [0.1, 0.15) is 4.99 Å². The smallest absolute Gasteiger partial charge is 0.107 e. The van der Waals surface area contributed by atoms with Crippen molar-refractivity contribution in [3.05, 3.63) is 28.8 Å². The van der Waals surface area contributed by atoms with Crippen molar-refractivity contribution < 1.29 is 0 Å². The van der Waals surface area contributed by atoms with Gasteiger partial charge in [0.2, 0.25) is 0 Å². The predicted octanol–water partition coefficient (Wildman–Crippen LogP) is 2.73. The Morgan fingerprint density at radius 1 is 1.39 bits per heavy atom. The molecule has 0 bridgehead atoms. The highest BCUT2D eigenvalue weighted by Gasteiger charge is 2.09. The fourth-order valence-electron chi connectivity index (χ4n) is 1.81. The van der Waals surface area contributed by atoms with E-state index in [0.717, 1.165) is 37.4 Å². The molecule has 0 aliphatic rings. The Kier molecular flexibility index (Phi) is 6.39. The minimum absolute atomic E-state index is 0.325. The maximum atomic E-state index is 6.10. The standard InChI is InChI=1S/C13H20ClN3S/c1-3-17(4-2)9-8-16-11-7-5-6-10(14)12(11)13(15)18/h5-7,16H,3-4,8-9H2,1-2H3,(H2,15,18). The normalized spacial score (nSPS) is 10.7. The fourth-order valence-corrected chi connectivity index (χ4v) is 2.36. The molecule has 3 nitrogen and oxygen atoms in total. The molecule has 3 N–H and O–H groups in total. The van der Waals surface area contributed by atoms with Crippen LogP contribution in [-0.4, -0.2) is 36.1 Å². The SMILES string of the molecule is CCN(CC)CCNc1cccc(Cl)c1C(N)=S. The monoisotopic (exact) mass is 285 g/mol. The van der Waals surface area contributed by atoms with Crippen molar-refractivity contribution in [1.29, 1.82) is 0 Å². The summed E-state index contributed by atoms with van der Waals surface area (Å²) < 4.78 is 0. The molecule has 0 heterocycles. The van der Waals surface area contributed by atoms with Crippen LogP contribution < -0.4 is 11.1 Å². The molecule has 0 saturated carbocycles. The summed E-state index contributed by atoms with van der Waals surface area (Å²) in [5.41, 5.74) is 7.33. The van der Waals surface area contributed by atoms with E-state index in [4.69, 9.17) is 29.6 Å². The third-order valence-corrected chi connectivity index (χ3v) is 3.42. The highest BCUT2D eigenvalue weighted by molar-refractivity contribution is 7.80. The van der Waals surface area contributed by atoms with Gasteiger partial charge >= 0.3 is 0 Å². The van der Waals surface area contributed by atoms with Gasteiger partial charge in [-0.2, -0.15) is 0 Å². The number of hydrogen-bond acceptors (Lipinski definition) is 3. The largest absolute Gasteiger partial charge is 0.389 e.